The van der Waals surface area contributed by atoms with Crippen LogP contribution in [-0.2, 0) is 0 Å². The summed E-state index contributed by atoms with van der Waals surface area (Å²) in [4.78, 5) is 28.5. The minimum absolute atomic E-state index is 0.294. The Kier molecular flexibility index (Phi) is 5.09. The fraction of sp³-hybridized carbons (Fsp3) is 0.0400. The minimum Gasteiger partial charge on any atom is -0.423 e. The summed E-state index contributed by atoms with van der Waals surface area (Å²) in [5.74, 6) is 0. The van der Waals surface area contributed by atoms with Crippen LogP contribution in [0.3, 0.4) is 0 Å². The van der Waals surface area contributed by atoms with Crippen molar-refractivity contribution in [3.63, 3.8) is 0 Å². The van der Waals surface area contributed by atoms with Gasteiger partial charge < -0.3 is 14.2 Å². The molecule has 0 aliphatic rings. The number of allylic oxidation sites excluding steroid dienone is 1. The zero-order chi connectivity index (χ0) is 22.9. The van der Waals surface area contributed by atoms with Gasteiger partial charge in [0.1, 0.15) is 27.8 Å². The second-order valence-corrected chi connectivity index (χ2v) is 8.15. The molecule has 0 atom stereocenters. The fourth-order valence-corrected chi connectivity index (χ4v) is 4.26. The predicted octanol–water partition coefficient (Wildman–Crippen LogP) is 5.31. The number of anilines is 1. The number of thiazole rings is 1. The molecule has 8 heteroatoms. The molecule has 0 fully saturated rings. The first-order valence-electron chi connectivity index (χ1n) is 9.92. The number of benzene rings is 2. The van der Waals surface area contributed by atoms with Gasteiger partial charge in [-0.1, -0.05) is 18.2 Å². The maximum absolute atomic E-state index is 12.4. The van der Waals surface area contributed by atoms with Crippen molar-refractivity contribution in [3.05, 3.63) is 97.6 Å². The average Bonchev–Trinajstić information content (AvgIpc) is 3.28. The lowest BCUT2D eigenvalue weighted by atomic mass is 10.1. The van der Waals surface area contributed by atoms with E-state index in [1.165, 1.54) is 23.6 Å². The highest BCUT2D eigenvalue weighted by Crippen LogP contribution is 2.27. The van der Waals surface area contributed by atoms with E-state index in [0.29, 0.717) is 38.7 Å². The molecule has 5 rings (SSSR count). The molecule has 0 bridgehead atoms. The third-order valence-electron chi connectivity index (χ3n) is 5.11. The molecule has 160 valence electrons. The molecule has 0 saturated carbocycles. The Morgan fingerprint density at radius 1 is 1.09 bits per heavy atom. The Bertz CT molecular complexity index is 1720. The van der Waals surface area contributed by atoms with Crippen molar-refractivity contribution in [1.29, 1.82) is 5.26 Å². The van der Waals surface area contributed by atoms with Gasteiger partial charge in [0.15, 0.2) is 0 Å². The first-order valence-corrected chi connectivity index (χ1v) is 10.8. The van der Waals surface area contributed by atoms with E-state index in [9.17, 15) is 14.9 Å². The van der Waals surface area contributed by atoms with E-state index in [1.807, 2.05) is 31.2 Å². The fourth-order valence-electron chi connectivity index (χ4n) is 3.47. The Balaban J connectivity index is 1.46. The van der Waals surface area contributed by atoms with Gasteiger partial charge >= 0.3 is 11.3 Å². The first-order chi connectivity index (χ1) is 16.0. The van der Waals surface area contributed by atoms with Gasteiger partial charge in [-0.15, -0.1) is 11.3 Å². The third kappa shape index (κ3) is 3.93. The van der Waals surface area contributed by atoms with Gasteiger partial charge in [0.25, 0.3) is 0 Å². The van der Waals surface area contributed by atoms with Crippen LogP contribution in [0, 0.1) is 18.3 Å². The van der Waals surface area contributed by atoms with E-state index in [4.69, 9.17) is 8.83 Å². The van der Waals surface area contributed by atoms with Gasteiger partial charge in [0.05, 0.1) is 11.3 Å². The molecule has 5 aromatic rings. The molecule has 0 aliphatic heterocycles. The molecule has 33 heavy (non-hydrogen) atoms. The van der Waals surface area contributed by atoms with Gasteiger partial charge in [0.2, 0.25) is 0 Å². The number of para-hydroxylation sites is 1. The number of hydrogen-bond acceptors (Lipinski definition) is 8. The number of nitriles is 1. The lowest BCUT2D eigenvalue weighted by molar-refractivity contribution is 0.560. The molecular weight excluding hydrogens is 438 g/mol. The van der Waals surface area contributed by atoms with Crippen LogP contribution in [0.25, 0.3) is 38.8 Å². The van der Waals surface area contributed by atoms with Gasteiger partial charge in [-0.3, -0.25) is 0 Å². The van der Waals surface area contributed by atoms with Crippen LogP contribution < -0.4 is 16.6 Å². The van der Waals surface area contributed by atoms with E-state index in [0.717, 1.165) is 16.3 Å². The van der Waals surface area contributed by atoms with Crippen LogP contribution in [0.1, 0.15) is 10.6 Å². The molecule has 3 aromatic heterocycles. The van der Waals surface area contributed by atoms with Crippen molar-refractivity contribution in [3.8, 4) is 17.3 Å². The van der Waals surface area contributed by atoms with E-state index in [2.05, 4.69) is 16.4 Å². The number of fused-ring (bicyclic) bond motifs is 2. The summed E-state index contributed by atoms with van der Waals surface area (Å²) in [6.07, 6.45) is 1.53. The summed E-state index contributed by atoms with van der Waals surface area (Å²) < 4.78 is 10.7. The minimum atomic E-state index is -0.487. The highest BCUT2D eigenvalue weighted by atomic mass is 32.1. The van der Waals surface area contributed by atoms with E-state index < -0.39 is 11.3 Å². The van der Waals surface area contributed by atoms with Gasteiger partial charge in [-0.2, -0.15) is 5.26 Å². The van der Waals surface area contributed by atoms with Crippen molar-refractivity contribution in [2.24, 2.45) is 0 Å². The Morgan fingerprint density at radius 2 is 1.94 bits per heavy atom. The number of rotatable bonds is 4. The first kappa shape index (κ1) is 20.4. The number of nitrogens with one attached hydrogen (secondary N) is 1. The Morgan fingerprint density at radius 3 is 2.79 bits per heavy atom. The predicted molar refractivity (Wildman–Crippen MR) is 128 cm³/mol. The molecule has 2 aromatic carbocycles. The SMILES string of the molecule is Cc1cc(=O)oc2cc(N/C=C(\C#N)c3nc(-c4cc5ccccc5oc4=O)cs3)ccc12. The molecule has 0 radical (unpaired) electrons. The number of hydrogen-bond donors (Lipinski definition) is 1. The molecule has 0 aliphatic carbocycles. The van der Waals surface area contributed by atoms with Crippen molar-refractivity contribution in [2.75, 3.05) is 5.32 Å². The topological polar surface area (TPSA) is 109 Å². The molecule has 7 nitrogen and oxygen atoms in total. The molecule has 0 amide bonds. The molecule has 0 unspecified atom stereocenters. The summed E-state index contributed by atoms with van der Waals surface area (Å²) in [6, 6.07) is 17.9. The zero-order valence-corrected chi connectivity index (χ0v) is 18.1. The molecule has 1 N–H and O–H groups in total. The highest BCUT2D eigenvalue weighted by molar-refractivity contribution is 7.11. The van der Waals surface area contributed by atoms with Crippen molar-refractivity contribution < 1.29 is 8.83 Å². The van der Waals surface area contributed by atoms with E-state index >= 15 is 0 Å². The van der Waals surface area contributed by atoms with Crippen molar-refractivity contribution >= 4 is 44.5 Å². The smallest absolute Gasteiger partial charge is 0.345 e. The van der Waals surface area contributed by atoms with Crippen LogP contribution in [0.5, 0.6) is 0 Å². The largest absolute Gasteiger partial charge is 0.423 e. The lowest BCUT2D eigenvalue weighted by Gasteiger charge is -2.05. The van der Waals surface area contributed by atoms with E-state index in [-0.39, 0.29) is 0 Å². The lowest BCUT2D eigenvalue weighted by Crippen LogP contribution is -2.02. The van der Waals surface area contributed by atoms with Gasteiger partial charge in [-0.05, 0) is 36.8 Å². The standard InChI is InChI=1S/C25H15N3O4S/c1-14-8-23(29)31-22-10-17(6-7-18(14)22)27-12-16(11-26)24-28-20(13-33-24)19-9-15-4-2-3-5-21(15)32-25(19)30/h2-10,12-13,27H,1H3/b16-12+. The summed E-state index contributed by atoms with van der Waals surface area (Å²) in [7, 11) is 0. The average molecular weight is 453 g/mol. The number of aromatic nitrogens is 1. The quantitative estimate of drug-likeness (QED) is 0.290. The summed E-state index contributed by atoms with van der Waals surface area (Å²) in [5.41, 5.74) is 2.60. The second kappa shape index (κ2) is 8.22. The van der Waals surface area contributed by atoms with Crippen LogP contribution in [0.15, 0.2) is 84.6 Å². The van der Waals surface area contributed by atoms with Gasteiger partial charge in [-0.25, -0.2) is 14.6 Å². The van der Waals surface area contributed by atoms with Crippen LogP contribution in [-0.4, -0.2) is 4.98 Å². The summed E-state index contributed by atoms with van der Waals surface area (Å²) in [5, 5.41) is 16.5. The van der Waals surface area contributed by atoms with E-state index in [1.54, 1.807) is 29.6 Å². The van der Waals surface area contributed by atoms with Crippen LogP contribution in [0.4, 0.5) is 5.69 Å². The molecule has 3 heterocycles. The monoisotopic (exact) mass is 453 g/mol. The molecule has 0 saturated heterocycles. The number of aryl methyl sites for hydroxylation is 1. The Labute approximate surface area is 190 Å². The second-order valence-electron chi connectivity index (χ2n) is 7.30. The van der Waals surface area contributed by atoms with Crippen molar-refractivity contribution in [2.45, 2.75) is 6.92 Å². The summed E-state index contributed by atoms with van der Waals surface area (Å²) in [6.45, 7) is 1.84. The summed E-state index contributed by atoms with van der Waals surface area (Å²) >= 11 is 1.25. The van der Waals surface area contributed by atoms with Crippen molar-refractivity contribution in [1.82, 2.24) is 4.98 Å². The third-order valence-corrected chi connectivity index (χ3v) is 5.98. The molecular formula is C25H15N3O4S. The highest BCUT2D eigenvalue weighted by Gasteiger charge is 2.14. The zero-order valence-electron chi connectivity index (χ0n) is 17.3. The Hall–Kier alpha value is -4.48. The maximum atomic E-state index is 12.4. The van der Waals surface area contributed by atoms with Crippen LogP contribution >= 0.6 is 11.3 Å². The van der Waals surface area contributed by atoms with Crippen LogP contribution in [0.2, 0.25) is 0 Å². The maximum Gasteiger partial charge on any atom is 0.345 e. The molecule has 0 spiro atoms. The normalized spacial score (nSPS) is 11.6. The van der Waals surface area contributed by atoms with Gasteiger partial charge in [0, 0.05) is 40.2 Å². The number of nitrogens with zero attached hydrogens (tertiary/aromatic N) is 2.